The Kier molecular flexibility index (Phi) is 7.42. The summed E-state index contributed by atoms with van der Waals surface area (Å²) in [7, 11) is 2.88. The summed E-state index contributed by atoms with van der Waals surface area (Å²) >= 11 is 1.14. The maximum atomic E-state index is 13.6. The van der Waals surface area contributed by atoms with Crippen molar-refractivity contribution in [2.45, 2.75) is 26.2 Å². The van der Waals surface area contributed by atoms with Crippen LogP contribution in [0.4, 0.5) is 13.9 Å². The molecule has 0 aliphatic heterocycles. The number of methoxy groups -OCH3 is 2. The van der Waals surface area contributed by atoms with Crippen molar-refractivity contribution in [3.63, 3.8) is 0 Å². The lowest BCUT2D eigenvalue weighted by Crippen LogP contribution is -2.14. The number of halogens is 2. The molecule has 0 aromatic carbocycles. The highest BCUT2D eigenvalue weighted by atomic mass is 32.1. The zero-order valence-electron chi connectivity index (χ0n) is 21.2. The van der Waals surface area contributed by atoms with E-state index in [0.29, 0.717) is 33.6 Å². The summed E-state index contributed by atoms with van der Waals surface area (Å²) in [5.74, 6) is 6.44. The second-order valence-electron chi connectivity index (χ2n) is 8.64. The molecule has 0 spiro atoms. The Morgan fingerprint density at radius 3 is 2.62 bits per heavy atom. The second-order valence-corrected chi connectivity index (χ2v) is 9.62. The number of amides is 1. The van der Waals surface area contributed by atoms with Crippen LogP contribution in [0.5, 0.6) is 11.6 Å². The number of aromatic nitrogens is 5. The summed E-state index contributed by atoms with van der Waals surface area (Å²) in [5.41, 5.74) is 1.88. The van der Waals surface area contributed by atoms with Crippen LogP contribution in [0.15, 0.2) is 36.7 Å². The number of rotatable bonds is 7. The van der Waals surface area contributed by atoms with E-state index in [9.17, 15) is 13.6 Å². The lowest BCUT2D eigenvalue weighted by molar-refractivity contribution is 0.102. The molecule has 1 aliphatic carbocycles. The molecule has 39 heavy (non-hydrogen) atoms. The minimum atomic E-state index is -2.83. The molecule has 1 N–H and O–H groups in total. The normalized spacial score (nSPS) is 12.6. The van der Waals surface area contributed by atoms with Gasteiger partial charge in [-0.15, -0.1) is 10.2 Å². The van der Waals surface area contributed by atoms with Gasteiger partial charge in [0, 0.05) is 28.9 Å². The zero-order chi connectivity index (χ0) is 27.5. The summed E-state index contributed by atoms with van der Waals surface area (Å²) in [6.45, 7) is 1.82. The highest BCUT2D eigenvalue weighted by Gasteiger charge is 2.23. The van der Waals surface area contributed by atoms with E-state index in [-0.39, 0.29) is 22.0 Å². The van der Waals surface area contributed by atoms with Crippen LogP contribution in [-0.2, 0) is 0 Å². The van der Waals surface area contributed by atoms with Crippen LogP contribution in [0.25, 0.3) is 22.4 Å². The number of nitrogens with one attached hydrogen (secondary N) is 1. The van der Waals surface area contributed by atoms with Gasteiger partial charge in [0.25, 0.3) is 12.3 Å². The van der Waals surface area contributed by atoms with E-state index < -0.39 is 18.0 Å². The molecule has 4 aromatic rings. The van der Waals surface area contributed by atoms with Gasteiger partial charge in [0.2, 0.25) is 11.0 Å². The van der Waals surface area contributed by atoms with Gasteiger partial charge < -0.3 is 9.47 Å². The number of carbonyl (C=O) groups excluding carboxylic acids is 1. The molecule has 9 nitrogen and oxygen atoms in total. The van der Waals surface area contributed by atoms with Crippen LogP contribution in [0.1, 0.15) is 46.0 Å². The first-order valence-electron chi connectivity index (χ1n) is 11.9. The third-order valence-electron chi connectivity index (χ3n) is 5.85. The minimum absolute atomic E-state index is 0.100. The van der Waals surface area contributed by atoms with Crippen LogP contribution in [0.3, 0.4) is 0 Å². The average Bonchev–Trinajstić information content (AvgIpc) is 3.68. The van der Waals surface area contributed by atoms with E-state index in [4.69, 9.17) is 9.47 Å². The molecular formula is C27H22F2N6O3S. The predicted octanol–water partition coefficient (Wildman–Crippen LogP) is 5.33. The SMILES string of the molecule is COc1cnc(C(F)F)cc1-c1cc(-c2ccc(C)nc2OC)ncc1C(=O)Nc1nnc(C#CC2CC2)s1. The monoisotopic (exact) mass is 548 g/mol. The van der Waals surface area contributed by atoms with Gasteiger partial charge in [0.15, 0.2) is 5.01 Å². The minimum Gasteiger partial charge on any atom is -0.494 e. The van der Waals surface area contributed by atoms with Crippen molar-refractivity contribution in [3.8, 4) is 45.9 Å². The van der Waals surface area contributed by atoms with Crippen molar-refractivity contribution < 1.29 is 23.0 Å². The Labute approximate surface area is 226 Å². The summed E-state index contributed by atoms with van der Waals surface area (Å²) in [6.07, 6.45) is 1.89. The molecule has 0 saturated heterocycles. The average molecular weight is 549 g/mol. The van der Waals surface area contributed by atoms with Crippen LogP contribution in [-0.4, -0.2) is 45.3 Å². The number of alkyl halides is 2. The maximum Gasteiger partial charge on any atom is 0.280 e. The van der Waals surface area contributed by atoms with E-state index in [2.05, 4.69) is 42.3 Å². The fourth-order valence-corrected chi connectivity index (χ4v) is 4.32. The van der Waals surface area contributed by atoms with E-state index in [1.54, 1.807) is 18.2 Å². The molecule has 4 aromatic heterocycles. The first-order chi connectivity index (χ1) is 18.9. The summed E-state index contributed by atoms with van der Waals surface area (Å²) in [5, 5.41) is 11.5. The predicted molar refractivity (Wildman–Crippen MR) is 141 cm³/mol. The number of hydrogen-bond acceptors (Lipinski definition) is 9. The quantitative estimate of drug-likeness (QED) is 0.308. The number of hydrogen-bond donors (Lipinski definition) is 1. The number of aryl methyl sites for hydroxylation is 1. The van der Waals surface area contributed by atoms with Crippen LogP contribution >= 0.6 is 11.3 Å². The van der Waals surface area contributed by atoms with Crippen LogP contribution in [0.2, 0.25) is 0 Å². The molecule has 0 radical (unpaired) electrons. The van der Waals surface area contributed by atoms with Crippen LogP contribution in [0, 0.1) is 24.7 Å². The number of nitrogens with zero attached hydrogens (tertiary/aromatic N) is 5. The maximum absolute atomic E-state index is 13.6. The van der Waals surface area contributed by atoms with Crippen molar-refractivity contribution in [2.24, 2.45) is 5.92 Å². The molecule has 1 aliphatic rings. The van der Waals surface area contributed by atoms with Gasteiger partial charge in [0.05, 0.1) is 37.2 Å². The first-order valence-corrected chi connectivity index (χ1v) is 12.7. The number of ether oxygens (including phenoxy) is 2. The molecule has 1 amide bonds. The van der Waals surface area contributed by atoms with Gasteiger partial charge in [-0.3, -0.25) is 20.1 Å². The number of anilines is 1. The van der Waals surface area contributed by atoms with Gasteiger partial charge in [-0.2, -0.15) is 0 Å². The van der Waals surface area contributed by atoms with E-state index in [1.807, 2.05) is 6.92 Å². The van der Waals surface area contributed by atoms with Gasteiger partial charge >= 0.3 is 0 Å². The Bertz CT molecular complexity index is 1610. The highest BCUT2D eigenvalue weighted by molar-refractivity contribution is 7.15. The third-order valence-corrected chi connectivity index (χ3v) is 6.60. The largest absolute Gasteiger partial charge is 0.494 e. The number of carbonyl (C=O) groups is 1. The third kappa shape index (κ3) is 5.83. The lowest BCUT2D eigenvalue weighted by Gasteiger charge is -2.15. The summed E-state index contributed by atoms with van der Waals surface area (Å²) < 4.78 is 38.0. The molecule has 1 fully saturated rings. The van der Waals surface area contributed by atoms with Gasteiger partial charge in [-0.1, -0.05) is 17.3 Å². The van der Waals surface area contributed by atoms with Crippen molar-refractivity contribution in [1.29, 1.82) is 0 Å². The molecule has 1 saturated carbocycles. The standard InChI is InChI=1S/C27H22F2N6O3S/c1-14-4-8-16(26(32-14)38-3)20-10-17(18-11-21(24(28)29)31-13-22(18)37-2)19(12-30-20)25(36)33-27-35-34-23(39-27)9-7-15-5-6-15/h4,8,10-13,15,24H,5-6H2,1-3H3,(H,33,35,36). The summed E-state index contributed by atoms with van der Waals surface area (Å²) in [4.78, 5) is 26.1. The van der Waals surface area contributed by atoms with E-state index in [1.165, 1.54) is 32.7 Å². The molecule has 0 unspecified atom stereocenters. The molecule has 4 heterocycles. The van der Waals surface area contributed by atoms with Gasteiger partial charge in [0.1, 0.15) is 11.4 Å². The van der Waals surface area contributed by atoms with Crippen molar-refractivity contribution in [2.75, 3.05) is 19.5 Å². The molecular weight excluding hydrogens is 526 g/mol. The van der Waals surface area contributed by atoms with Gasteiger partial charge in [-0.25, -0.2) is 13.8 Å². The van der Waals surface area contributed by atoms with E-state index >= 15 is 0 Å². The number of pyridine rings is 3. The molecule has 12 heteroatoms. The fourth-order valence-electron chi connectivity index (χ4n) is 3.72. The van der Waals surface area contributed by atoms with Crippen LogP contribution < -0.4 is 14.8 Å². The Morgan fingerprint density at radius 1 is 1.08 bits per heavy atom. The second kappa shape index (κ2) is 11.1. The highest BCUT2D eigenvalue weighted by Crippen LogP contribution is 2.38. The smallest absolute Gasteiger partial charge is 0.280 e. The lowest BCUT2D eigenvalue weighted by atomic mass is 9.97. The topological polar surface area (TPSA) is 112 Å². The first kappa shape index (κ1) is 26.1. The molecule has 0 bridgehead atoms. The summed E-state index contributed by atoms with van der Waals surface area (Å²) in [6, 6.07) is 6.37. The Hall–Kier alpha value is -4.50. The zero-order valence-corrected chi connectivity index (χ0v) is 22.0. The van der Waals surface area contributed by atoms with E-state index in [0.717, 1.165) is 29.9 Å². The Balaban J connectivity index is 1.59. The molecule has 5 rings (SSSR count). The van der Waals surface area contributed by atoms with Crippen molar-refractivity contribution in [1.82, 2.24) is 25.1 Å². The fraction of sp³-hybridized carbons (Fsp3) is 0.259. The van der Waals surface area contributed by atoms with Crippen molar-refractivity contribution in [3.05, 3.63) is 58.6 Å². The van der Waals surface area contributed by atoms with Gasteiger partial charge in [-0.05, 0) is 50.0 Å². The Morgan fingerprint density at radius 2 is 1.90 bits per heavy atom. The molecule has 198 valence electrons. The molecule has 0 atom stereocenters. The van der Waals surface area contributed by atoms with Crippen molar-refractivity contribution >= 4 is 22.4 Å².